The van der Waals surface area contributed by atoms with Gasteiger partial charge in [-0.15, -0.1) is 5.06 Å². The van der Waals surface area contributed by atoms with Gasteiger partial charge in [-0.1, -0.05) is 12.1 Å². The highest BCUT2D eigenvalue weighted by atomic mass is 16.7. The summed E-state index contributed by atoms with van der Waals surface area (Å²) in [5, 5.41) is 12.1. The van der Waals surface area contributed by atoms with E-state index >= 15 is 0 Å². The molecule has 5 amide bonds. The van der Waals surface area contributed by atoms with Crippen LogP contribution in [0.1, 0.15) is 41.5 Å². The predicted octanol–water partition coefficient (Wildman–Crippen LogP) is 1.70. The Balaban J connectivity index is 1.88. The molecule has 2 N–H and O–H groups in total. The van der Waals surface area contributed by atoms with Crippen molar-refractivity contribution in [3.05, 3.63) is 35.4 Å². The van der Waals surface area contributed by atoms with Crippen molar-refractivity contribution in [3.63, 3.8) is 0 Å². The second kappa shape index (κ2) is 6.89. The average Bonchev–Trinajstić information content (AvgIpc) is 2.74. The average molecular weight is 349 g/mol. The molecule has 0 fully saturated rings. The fourth-order valence-electron chi connectivity index (χ4n) is 2.34. The summed E-state index contributed by atoms with van der Waals surface area (Å²) in [6, 6.07) is 5.51. The Bertz CT molecular complexity index is 690. The number of carbonyl (C=O) groups is 4. The first-order valence-electron chi connectivity index (χ1n) is 7.56. The third kappa shape index (κ3) is 3.77. The molecule has 9 heteroatoms. The van der Waals surface area contributed by atoms with Crippen LogP contribution in [-0.4, -0.2) is 57.7 Å². The van der Waals surface area contributed by atoms with E-state index in [0.29, 0.717) is 9.96 Å². The highest BCUT2D eigenvalue weighted by Crippen LogP contribution is 2.22. The second-order valence-corrected chi connectivity index (χ2v) is 6.30. The zero-order valence-corrected chi connectivity index (χ0v) is 14.1. The van der Waals surface area contributed by atoms with Crippen molar-refractivity contribution in [1.29, 1.82) is 0 Å². The Morgan fingerprint density at radius 2 is 1.68 bits per heavy atom. The lowest BCUT2D eigenvalue weighted by Crippen LogP contribution is -2.53. The van der Waals surface area contributed by atoms with E-state index in [1.165, 1.54) is 12.1 Å². The van der Waals surface area contributed by atoms with Crippen molar-refractivity contribution in [1.82, 2.24) is 15.3 Å². The van der Waals surface area contributed by atoms with Crippen LogP contribution in [-0.2, 0) is 4.84 Å². The molecule has 0 saturated heterocycles. The molecule has 1 aliphatic rings. The molecule has 0 aliphatic carbocycles. The number of amides is 5. The molecule has 9 nitrogen and oxygen atoms in total. The smallest absolute Gasteiger partial charge is 0.416 e. The number of hydrogen-bond donors (Lipinski definition) is 2. The van der Waals surface area contributed by atoms with E-state index in [9.17, 15) is 19.2 Å². The van der Waals surface area contributed by atoms with Crippen LogP contribution in [0.2, 0.25) is 0 Å². The number of nitrogens with zero attached hydrogens (tertiary/aromatic N) is 2. The molecule has 1 aliphatic heterocycles. The maximum Gasteiger partial charge on any atom is 0.416 e. The van der Waals surface area contributed by atoms with Gasteiger partial charge >= 0.3 is 12.1 Å². The molecule has 1 aromatic carbocycles. The largest absolute Gasteiger partial charge is 0.465 e. The number of nitrogens with one attached hydrogen (secondary N) is 1. The van der Waals surface area contributed by atoms with Crippen molar-refractivity contribution in [2.45, 2.75) is 26.3 Å². The zero-order valence-electron chi connectivity index (χ0n) is 14.1. The number of rotatable bonds is 4. The van der Waals surface area contributed by atoms with Gasteiger partial charge in [-0.3, -0.25) is 14.4 Å². The van der Waals surface area contributed by atoms with Gasteiger partial charge in [0.05, 0.1) is 17.7 Å². The van der Waals surface area contributed by atoms with Gasteiger partial charge in [0.2, 0.25) is 0 Å². The molecule has 0 saturated carbocycles. The number of carbonyl (C=O) groups excluding carboxylic acids is 3. The van der Waals surface area contributed by atoms with Gasteiger partial charge in [-0.2, -0.15) is 0 Å². The number of carboxylic acid groups (broad SMARTS) is 1. The molecule has 0 spiro atoms. The topological polar surface area (TPSA) is 116 Å². The number of benzene rings is 1. The Morgan fingerprint density at radius 3 is 2.12 bits per heavy atom. The van der Waals surface area contributed by atoms with Crippen LogP contribution >= 0.6 is 0 Å². The zero-order chi connectivity index (χ0) is 18.8. The summed E-state index contributed by atoms with van der Waals surface area (Å²) < 4.78 is 0. The van der Waals surface area contributed by atoms with Gasteiger partial charge in [0, 0.05) is 12.1 Å². The Kier molecular flexibility index (Phi) is 5.07. The van der Waals surface area contributed by atoms with Crippen LogP contribution < -0.4 is 5.32 Å². The summed E-state index contributed by atoms with van der Waals surface area (Å²) in [5.74, 6) is -1.15. The van der Waals surface area contributed by atoms with Gasteiger partial charge in [-0.05, 0) is 32.9 Å². The van der Waals surface area contributed by atoms with Crippen LogP contribution in [0.25, 0.3) is 0 Å². The van der Waals surface area contributed by atoms with Gasteiger partial charge in [0.25, 0.3) is 11.8 Å². The van der Waals surface area contributed by atoms with E-state index in [1.807, 2.05) is 0 Å². The van der Waals surface area contributed by atoms with E-state index < -0.39 is 29.5 Å². The summed E-state index contributed by atoms with van der Waals surface area (Å²) in [4.78, 5) is 53.1. The quantitative estimate of drug-likeness (QED) is 0.631. The van der Waals surface area contributed by atoms with Crippen molar-refractivity contribution in [3.8, 4) is 0 Å². The maximum atomic E-state index is 12.1. The molecule has 1 heterocycles. The summed E-state index contributed by atoms with van der Waals surface area (Å²) in [6.45, 7) is 4.49. The molecular formula is C16H19N3O6. The fraction of sp³-hybridized carbons (Fsp3) is 0.375. The molecule has 0 atom stereocenters. The van der Waals surface area contributed by atoms with E-state index in [-0.39, 0.29) is 24.3 Å². The minimum atomic E-state index is -1.38. The maximum absolute atomic E-state index is 12.1. The SMILES string of the molecule is CC(C)(C)N(C(=O)O)C(=O)NCCON1C(=O)c2ccccc2C1=O. The number of fused-ring (bicyclic) bond motifs is 1. The van der Waals surface area contributed by atoms with E-state index in [1.54, 1.807) is 32.9 Å². The summed E-state index contributed by atoms with van der Waals surface area (Å²) >= 11 is 0. The predicted molar refractivity (Wildman–Crippen MR) is 85.9 cm³/mol. The molecule has 0 radical (unpaired) electrons. The summed E-state index contributed by atoms with van der Waals surface area (Å²) in [5.41, 5.74) is -0.415. The molecule has 25 heavy (non-hydrogen) atoms. The normalized spacial score (nSPS) is 13.6. The lowest BCUT2D eigenvalue weighted by atomic mass is 10.1. The van der Waals surface area contributed by atoms with Crippen LogP contribution in [0.3, 0.4) is 0 Å². The van der Waals surface area contributed by atoms with E-state index in [2.05, 4.69) is 5.32 Å². The number of urea groups is 1. The first-order valence-corrected chi connectivity index (χ1v) is 7.56. The van der Waals surface area contributed by atoms with Crippen molar-refractivity contribution < 1.29 is 29.1 Å². The van der Waals surface area contributed by atoms with E-state index in [4.69, 9.17) is 9.94 Å². The Morgan fingerprint density at radius 1 is 1.16 bits per heavy atom. The molecule has 134 valence electrons. The molecule has 0 unspecified atom stereocenters. The first-order chi connectivity index (χ1) is 11.6. The lowest BCUT2D eigenvalue weighted by Gasteiger charge is -2.31. The monoisotopic (exact) mass is 349 g/mol. The van der Waals surface area contributed by atoms with Crippen LogP contribution in [0.5, 0.6) is 0 Å². The molecule has 0 bridgehead atoms. The van der Waals surface area contributed by atoms with Crippen molar-refractivity contribution in [2.24, 2.45) is 0 Å². The molecule has 1 aromatic rings. The van der Waals surface area contributed by atoms with Crippen LogP contribution in [0.15, 0.2) is 24.3 Å². The molecule has 2 rings (SSSR count). The number of hydroxylamine groups is 2. The fourth-order valence-corrected chi connectivity index (χ4v) is 2.34. The lowest BCUT2D eigenvalue weighted by molar-refractivity contribution is -0.0893. The molecular weight excluding hydrogens is 330 g/mol. The standard InChI is InChI=1S/C16H19N3O6/c1-16(2,3)18(15(23)24)14(22)17-8-9-25-19-12(20)10-6-4-5-7-11(10)13(19)21/h4-7H,8-9H2,1-3H3,(H,17,22)(H,23,24). The highest BCUT2D eigenvalue weighted by molar-refractivity contribution is 6.20. The van der Waals surface area contributed by atoms with Crippen LogP contribution in [0, 0.1) is 0 Å². The van der Waals surface area contributed by atoms with Crippen LogP contribution in [0.4, 0.5) is 9.59 Å². The van der Waals surface area contributed by atoms with Gasteiger partial charge in [0.15, 0.2) is 0 Å². The Labute approximate surface area is 144 Å². The minimum Gasteiger partial charge on any atom is -0.465 e. The molecule has 0 aromatic heterocycles. The highest BCUT2D eigenvalue weighted by Gasteiger charge is 2.36. The van der Waals surface area contributed by atoms with Crippen molar-refractivity contribution in [2.75, 3.05) is 13.2 Å². The Hall–Kier alpha value is -2.94. The summed E-state index contributed by atoms with van der Waals surface area (Å²) in [6.07, 6.45) is -1.38. The first kappa shape index (κ1) is 18.4. The minimum absolute atomic E-state index is 0.0773. The number of hydrogen-bond acceptors (Lipinski definition) is 5. The third-order valence-corrected chi connectivity index (χ3v) is 3.42. The number of imide groups is 2. The van der Waals surface area contributed by atoms with Gasteiger partial charge in [0.1, 0.15) is 0 Å². The second-order valence-electron chi connectivity index (χ2n) is 6.30. The third-order valence-electron chi connectivity index (χ3n) is 3.42. The van der Waals surface area contributed by atoms with Gasteiger partial charge < -0.3 is 10.4 Å². The van der Waals surface area contributed by atoms with Crippen molar-refractivity contribution >= 4 is 23.9 Å². The van der Waals surface area contributed by atoms with E-state index in [0.717, 1.165) is 0 Å². The summed E-state index contributed by atoms with van der Waals surface area (Å²) in [7, 11) is 0. The van der Waals surface area contributed by atoms with Gasteiger partial charge in [-0.25, -0.2) is 14.5 Å².